The topological polar surface area (TPSA) is 85.0 Å². The molecule has 0 aliphatic heterocycles. The number of benzene rings is 2. The van der Waals surface area contributed by atoms with E-state index in [4.69, 9.17) is 0 Å². The number of amides is 2. The van der Waals surface area contributed by atoms with E-state index in [1.807, 2.05) is 54.2 Å². The minimum atomic E-state index is -0.990. The molecule has 2 aromatic carbocycles. The predicted octanol–water partition coefficient (Wildman–Crippen LogP) is 4.13. The van der Waals surface area contributed by atoms with Crippen LogP contribution in [0.5, 0.6) is 0 Å². The van der Waals surface area contributed by atoms with Crippen molar-refractivity contribution in [1.29, 1.82) is 0 Å². The van der Waals surface area contributed by atoms with Gasteiger partial charge in [0, 0.05) is 25.0 Å². The summed E-state index contributed by atoms with van der Waals surface area (Å²) in [5.41, 5.74) is 2.29. The molecule has 0 saturated heterocycles. The lowest BCUT2D eigenvalue weighted by Crippen LogP contribution is -2.48. The number of carbonyl (C=O) groups is 2. The summed E-state index contributed by atoms with van der Waals surface area (Å²) >= 11 is 0. The highest BCUT2D eigenvalue weighted by Crippen LogP contribution is 2.30. The van der Waals surface area contributed by atoms with Gasteiger partial charge in [0.2, 0.25) is 11.8 Å². The van der Waals surface area contributed by atoms with Crippen molar-refractivity contribution in [3.63, 3.8) is 0 Å². The van der Waals surface area contributed by atoms with E-state index in [1.165, 1.54) is 27.8 Å². The summed E-state index contributed by atoms with van der Waals surface area (Å²) in [6, 6.07) is 15.8. The maximum absolute atomic E-state index is 14.4. The molecule has 2 heterocycles. The monoisotopic (exact) mass is 488 g/mol. The quantitative estimate of drug-likeness (QED) is 0.424. The summed E-state index contributed by atoms with van der Waals surface area (Å²) in [7, 11) is 1.83. The van der Waals surface area contributed by atoms with E-state index in [0.717, 1.165) is 32.1 Å². The van der Waals surface area contributed by atoms with E-state index in [9.17, 15) is 14.0 Å². The number of aryl methyl sites for hydroxylation is 1. The van der Waals surface area contributed by atoms with Gasteiger partial charge < -0.3 is 9.88 Å². The second-order valence-electron chi connectivity index (χ2n) is 9.27. The van der Waals surface area contributed by atoms with Gasteiger partial charge in [0.05, 0.1) is 11.2 Å². The fourth-order valence-corrected chi connectivity index (χ4v) is 4.97. The molecule has 1 atom stereocenters. The zero-order chi connectivity index (χ0) is 25.1. The van der Waals surface area contributed by atoms with Crippen LogP contribution >= 0.6 is 0 Å². The SMILES string of the molecule is Cn1cccc1C(C(=O)NC1CCCCC1)N(C(=O)Cn1nnc2ccccc21)c1cccc(F)c1. The number of rotatable bonds is 7. The number of carbonyl (C=O) groups excluding carboxylic acids is 2. The minimum absolute atomic E-state index is 0.0535. The van der Waals surface area contributed by atoms with Gasteiger partial charge in [-0.1, -0.05) is 42.7 Å². The molecule has 0 radical (unpaired) electrons. The van der Waals surface area contributed by atoms with Gasteiger partial charge in [-0.15, -0.1) is 5.10 Å². The summed E-state index contributed by atoms with van der Waals surface area (Å²) < 4.78 is 17.7. The molecular weight excluding hydrogens is 459 g/mol. The molecule has 1 N–H and O–H groups in total. The van der Waals surface area contributed by atoms with Crippen molar-refractivity contribution < 1.29 is 14.0 Å². The van der Waals surface area contributed by atoms with Gasteiger partial charge in [0.25, 0.3) is 0 Å². The van der Waals surface area contributed by atoms with Gasteiger partial charge >= 0.3 is 0 Å². The number of nitrogens with one attached hydrogen (secondary N) is 1. The van der Waals surface area contributed by atoms with Gasteiger partial charge in [0.1, 0.15) is 17.9 Å². The molecule has 9 heteroatoms. The van der Waals surface area contributed by atoms with Crippen LogP contribution in [0.15, 0.2) is 66.9 Å². The van der Waals surface area contributed by atoms with Crippen molar-refractivity contribution in [3.8, 4) is 0 Å². The average molecular weight is 489 g/mol. The first-order valence-corrected chi connectivity index (χ1v) is 12.3. The van der Waals surface area contributed by atoms with Crippen LogP contribution in [0.25, 0.3) is 11.0 Å². The van der Waals surface area contributed by atoms with Crippen molar-refractivity contribution in [2.45, 2.75) is 50.7 Å². The van der Waals surface area contributed by atoms with Crippen LogP contribution in [0.3, 0.4) is 0 Å². The highest BCUT2D eigenvalue weighted by molar-refractivity contribution is 6.01. The smallest absolute Gasteiger partial charge is 0.249 e. The van der Waals surface area contributed by atoms with Crippen molar-refractivity contribution >= 4 is 28.5 Å². The Morgan fingerprint density at radius 1 is 1.08 bits per heavy atom. The highest BCUT2D eigenvalue weighted by atomic mass is 19.1. The van der Waals surface area contributed by atoms with Crippen LogP contribution in [0, 0.1) is 5.82 Å². The zero-order valence-corrected chi connectivity index (χ0v) is 20.2. The number of halogens is 1. The zero-order valence-electron chi connectivity index (χ0n) is 20.2. The van der Waals surface area contributed by atoms with Gasteiger partial charge in [0.15, 0.2) is 6.04 Å². The van der Waals surface area contributed by atoms with Crippen LogP contribution in [0.2, 0.25) is 0 Å². The Morgan fingerprint density at radius 3 is 2.64 bits per heavy atom. The van der Waals surface area contributed by atoms with Gasteiger partial charge in [-0.25, -0.2) is 9.07 Å². The number of fused-ring (bicyclic) bond motifs is 1. The Labute approximate surface area is 208 Å². The molecule has 36 heavy (non-hydrogen) atoms. The number of nitrogens with zero attached hydrogens (tertiary/aromatic N) is 5. The fourth-order valence-electron chi connectivity index (χ4n) is 4.97. The third-order valence-corrected chi connectivity index (χ3v) is 6.78. The fraction of sp³-hybridized carbons (Fsp3) is 0.333. The maximum atomic E-state index is 14.4. The highest BCUT2D eigenvalue weighted by Gasteiger charge is 2.36. The Hall–Kier alpha value is -4.01. The van der Waals surface area contributed by atoms with Crippen LogP contribution in [0.1, 0.15) is 43.8 Å². The molecule has 5 rings (SSSR count). The molecule has 0 bridgehead atoms. The molecule has 186 valence electrons. The van der Waals surface area contributed by atoms with E-state index >= 15 is 0 Å². The molecule has 0 spiro atoms. The lowest BCUT2D eigenvalue weighted by Gasteiger charge is -2.33. The van der Waals surface area contributed by atoms with Gasteiger partial charge in [-0.05, 0) is 55.3 Å². The third-order valence-electron chi connectivity index (χ3n) is 6.78. The summed E-state index contributed by atoms with van der Waals surface area (Å²) in [5.74, 6) is -1.18. The first kappa shape index (κ1) is 23.7. The van der Waals surface area contributed by atoms with Crippen LogP contribution in [0.4, 0.5) is 10.1 Å². The normalized spacial score (nSPS) is 15.1. The maximum Gasteiger partial charge on any atom is 0.249 e. The molecule has 1 aliphatic rings. The van der Waals surface area contributed by atoms with Crippen LogP contribution in [-0.2, 0) is 23.2 Å². The molecule has 2 amide bonds. The second kappa shape index (κ2) is 10.3. The molecule has 1 aliphatic carbocycles. The summed E-state index contributed by atoms with van der Waals surface area (Å²) in [4.78, 5) is 29.2. The molecule has 1 fully saturated rings. The summed E-state index contributed by atoms with van der Waals surface area (Å²) in [6.07, 6.45) is 6.93. The summed E-state index contributed by atoms with van der Waals surface area (Å²) in [5, 5.41) is 11.5. The Morgan fingerprint density at radius 2 is 1.89 bits per heavy atom. The molecule has 2 aromatic heterocycles. The Balaban J connectivity index is 1.55. The third kappa shape index (κ3) is 4.86. The van der Waals surface area contributed by atoms with E-state index < -0.39 is 17.8 Å². The number of anilines is 1. The number of hydrogen-bond acceptors (Lipinski definition) is 4. The van der Waals surface area contributed by atoms with Crippen LogP contribution in [-0.4, -0.2) is 37.4 Å². The largest absolute Gasteiger partial charge is 0.352 e. The van der Waals surface area contributed by atoms with E-state index in [-0.39, 0.29) is 18.5 Å². The Kier molecular flexibility index (Phi) is 6.79. The van der Waals surface area contributed by atoms with Crippen molar-refractivity contribution in [2.75, 3.05) is 4.90 Å². The van der Waals surface area contributed by atoms with Crippen LogP contribution < -0.4 is 10.2 Å². The predicted molar refractivity (Wildman–Crippen MR) is 135 cm³/mol. The first-order valence-electron chi connectivity index (χ1n) is 12.3. The van der Waals surface area contributed by atoms with Crippen molar-refractivity contribution in [3.05, 3.63) is 78.4 Å². The summed E-state index contributed by atoms with van der Waals surface area (Å²) in [6.45, 7) is -0.158. The van der Waals surface area contributed by atoms with Crippen molar-refractivity contribution in [2.24, 2.45) is 7.05 Å². The molecule has 1 saturated carbocycles. The first-order chi connectivity index (χ1) is 17.5. The number of aromatic nitrogens is 4. The average Bonchev–Trinajstić information content (AvgIpc) is 3.49. The molecule has 8 nitrogen and oxygen atoms in total. The standard InChI is InChI=1S/C27H29FN6O2/c1-32-16-8-15-24(32)26(27(36)29-20-10-3-2-4-11-20)34(21-12-7-9-19(28)17-21)25(35)18-33-23-14-6-5-13-22(23)30-31-33/h5-9,12-17,20,26H,2-4,10-11,18H2,1H3,(H,29,36). The molecule has 4 aromatic rings. The Bertz CT molecular complexity index is 1370. The van der Waals surface area contributed by atoms with E-state index in [2.05, 4.69) is 15.6 Å². The van der Waals surface area contributed by atoms with E-state index in [1.54, 1.807) is 6.07 Å². The lowest BCUT2D eigenvalue weighted by molar-refractivity contribution is -0.127. The molecule has 1 unspecified atom stereocenters. The van der Waals surface area contributed by atoms with Crippen molar-refractivity contribution in [1.82, 2.24) is 24.9 Å². The van der Waals surface area contributed by atoms with Gasteiger partial charge in [-0.3, -0.25) is 14.5 Å². The van der Waals surface area contributed by atoms with Gasteiger partial charge in [-0.2, -0.15) is 0 Å². The van der Waals surface area contributed by atoms with E-state index in [0.29, 0.717) is 22.4 Å². The minimum Gasteiger partial charge on any atom is -0.352 e. The lowest BCUT2D eigenvalue weighted by atomic mass is 9.95. The molecular formula is C27H29FN6O2. The number of para-hydroxylation sites is 1. The second-order valence-corrected chi connectivity index (χ2v) is 9.27. The number of hydrogen-bond donors (Lipinski definition) is 1.